The topological polar surface area (TPSA) is 91.5 Å². The quantitative estimate of drug-likeness (QED) is 0.369. The Morgan fingerprint density at radius 1 is 1.30 bits per heavy atom. The number of aromatic nitrogens is 1. The molecule has 3 N–H and O–H groups in total. The van der Waals surface area contributed by atoms with Crippen molar-refractivity contribution < 1.29 is 9.21 Å². The largest absolute Gasteiger partial charge is 0.469 e. The number of hydrogen-bond acceptors (Lipinski definition) is 4. The summed E-state index contributed by atoms with van der Waals surface area (Å²) in [5.41, 5.74) is 0.662. The standard InChI is InChI=1S/C15H19N5O2.HI/c1-16-15(18-8-6-13-5-3-9-22-13)19-11-14(21)20-12-4-2-7-17-10-12;/h2-5,7,9-10H,6,8,11H2,1H3,(H,20,21)(H2,16,18,19);1H. The molecule has 0 radical (unpaired) electrons. The molecule has 0 aliphatic rings. The fourth-order valence-corrected chi connectivity index (χ4v) is 1.79. The molecule has 0 saturated carbocycles. The van der Waals surface area contributed by atoms with Crippen molar-refractivity contribution in [2.75, 3.05) is 25.5 Å². The van der Waals surface area contributed by atoms with Crippen LogP contribution in [0.4, 0.5) is 5.69 Å². The number of rotatable bonds is 6. The molecule has 124 valence electrons. The lowest BCUT2D eigenvalue weighted by Gasteiger charge is -2.11. The number of amides is 1. The van der Waals surface area contributed by atoms with Crippen molar-refractivity contribution in [3.63, 3.8) is 0 Å². The van der Waals surface area contributed by atoms with Gasteiger partial charge < -0.3 is 20.4 Å². The van der Waals surface area contributed by atoms with Crippen molar-refractivity contribution in [3.8, 4) is 0 Å². The van der Waals surface area contributed by atoms with Crippen LogP contribution in [-0.2, 0) is 11.2 Å². The summed E-state index contributed by atoms with van der Waals surface area (Å²) in [5, 5.41) is 8.80. The average molecular weight is 429 g/mol. The molecule has 0 saturated heterocycles. The Hall–Kier alpha value is -2.10. The lowest BCUT2D eigenvalue weighted by atomic mass is 10.3. The summed E-state index contributed by atoms with van der Waals surface area (Å²) in [5.74, 6) is 1.30. The zero-order chi connectivity index (χ0) is 15.6. The monoisotopic (exact) mass is 429 g/mol. The zero-order valence-corrected chi connectivity index (χ0v) is 15.1. The van der Waals surface area contributed by atoms with Crippen molar-refractivity contribution in [1.82, 2.24) is 15.6 Å². The molecule has 2 aromatic heterocycles. The van der Waals surface area contributed by atoms with Gasteiger partial charge in [0.15, 0.2) is 5.96 Å². The second-order valence-corrected chi connectivity index (χ2v) is 4.47. The Labute approximate surface area is 152 Å². The van der Waals surface area contributed by atoms with E-state index in [0.29, 0.717) is 18.2 Å². The van der Waals surface area contributed by atoms with Gasteiger partial charge in [0.05, 0.1) is 24.7 Å². The van der Waals surface area contributed by atoms with Crippen LogP contribution >= 0.6 is 24.0 Å². The second-order valence-electron chi connectivity index (χ2n) is 4.47. The van der Waals surface area contributed by atoms with Crippen molar-refractivity contribution in [2.45, 2.75) is 6.42 Å². The average Bonchev–Trinajstić information content (AvgIpc) is 3.05. The molecule has 8 heteroatoms. The van der Waals surface area contributed by atoms with Gasteiger partial charge in [0.25, 0.3) is 0 Å². The third-order valence-electron chi connectivity index (χ3n) is 2.83. The van der Waals surface area contributed by atoms with Crippen molar-refractivity contribution in [1.29, 1.82) is 0 Å². The summed E-state index contributed by atoms with van der Waals surface area (Å²) < 4.78 is 5.24. The van der Waals surface area contributed by atoms with Crippen LogP contribution in [0.1, 0.15) is 5.76 Å². The molecule has 0 aliphatic carbocycles. The molecule has 0 atom stereocenters. The Kier molecular flexibility index (Phi) is 8.73. The van der Waals surface area contributed by atoms with Crippen molar-refractivity contribution >= 4 is 41.5 Å². The summed E-state index contributed by atoms with van der Waals surface area (Å²) in [6.45, 7) is 0.784. The van der Waals surface area contributed by atoms with Crippen molar-refractivity contribution in [2.24, 2.45) is 4.99 Å². The molecule has 23 heavy (non-hydrogen) atoms. The number of carbonyl (C=O) groups is 1. The summed E-state index contributed by atoms with van der Waals surface area (Å²) >= 11 is 0. The lowest BCUT2D eigenvalue weighted by molar-refractivity contribution is -0.115. The van der Waals surface area contributed by atoms with Crippen LogP contribution in [0.2, 0.25) is 0 Å². The number of furan rings is 1. The van der Waals surface area contributed by atoms with E-state index in [0.717, 1.165) is 12.2 Å². The predicted octanol–water partition coefficient (Wildman–Crippen LogP) is 1.64. The first kappa shape index (κ1) is 18.9. The van der Waals surface area contributed by atoms with Crippen LogP contribution < -0.4 is 16.0 Å². The van der Waals surface area contributed by atoms with E-state index < -0.39 is 0 Å². The van der Waals surface area contributed by atoms with Gasteiger partial charge in [-0.1, -0.05) is 0 Å². The molecule has 0 spiro atoms. The number of anilines is 1. The van der Waals surface area contributed by atoms with Gasteiger partial charge in [-0.25, -0.2) is 0 Å². The Morgan fingerprint density at radius 3 is 2.83 bits per heavy atom. The maximum Gasteiger partial charge on any atom is 0.243 e. The zero-order valence-electron chi connectivity index (χ0n) is 12.8. The summed E-state index contributed by atoms with van der Waals surface area (Å²) in [6, 6.07) is 7.31. The molecule has 7 nitrogen and oxygen atoms in total. The van der Waals surface area contributed by atoms with Gasteiger partial charge in [-0.15, -0.1) is 24.0 Å². The third kappa shape index (κ3) is 7.13. The number of pyridine rings is 1. The number of nitrogens with one attached hydrogen (secondary N) is 3. The molecule has 1 amide bonds. The summed E-state index contributed by atoms with van der Waals surface area (Å²) in [6.07, 6.45) is 5.63. The van der Waals surface area contributed by atoms with E-state index in [4.69, 9.17) is 4.42 Å². The first-order valence-electron chi connectivity index (χ1n) is 6.94. The number of halogens is 1. The maximum atomic E-state index is 11.8. The Bertz CT molecular complexity index is 602. The maximum absolute atomic E-state index is 11.8. The molecule has 0 fully saturated rings. The molecule has 0 aromatic carbocycles. The van der Waals surface area contributed by atoms with Gasteiger partial charge in [-0.2, -0.15) is 0 Å². The highest BCUT2D eigenvalue weighted by Crippen LogP contribution is 2.01. The van der Waals surface area contributed by atoms with E-state index in [1.807, 2.05) is 12.1 Å². The molecule has 0 aliphatic heterocycles. The minimum atomic E-state index is -0.165. The lowest BCUT2D eigenvalue weighted by Crippen LogP contribution is -2.42. The van der Waals surface area contributed by atoms with Crippen LogP contribution in [0.3, 0.4) is 0 Å². The van der Waals surface area contributed by atoms with Crippen LogP contribution in [0.15, 0.2) is 52.3 Å². The van der Waals surface area contributed by atoms with E-state index in [1.54, 1.807) is 37.8 Å². The molecular formula is C15H20IN5O2. The van der Waals surface area contributed by atoms with Gasteiger partial charge in [-0.05, 0) is 24.3 Å². The minimum Gasteiger partial charge on any atom is -0.469 e. The van der Waals surface area contributed by atoms with Crippen LogP contribution in [0.5, 0.6) is 0 Å². The first-order chi connectivity index (χ1) is 10.8. The van der Waals surface area contributed by atoms with Gasteiger partial charge in [-0.3, -0.25) is 14.8 Å². The van der Waals surface area contributed by atoms with E-state index in [-0.39, 0.29) is 36.4 Å². The van der Waals surface area contributed by atoms with Crippen LogP contribution in [0.25, 0.3) is 0 Å². The number of aliphatic imine (C=N–C) groups is 1. The molecular weight excluding hydrogens is 409 g/mol. The molecule has 0 bridgehead atoms. The van der Waals surface area contributed by atoms with Crippen molar-refractivity contribution in [3.05, 3.63) is 48.7 Å². The highest BCUT2D eigenvalue weighted by Gasteiger charge is 2.04. The fourth-order valence-electron chi connectivity index (χ4n) is 1.79. The second kappa shape index (κ2) is 10.6. The third-order valence-corrected chi connectivity index (χ3v) is 2.83. The smallest absolute Gasteiger partial charge is 0.243 e. The Balaban J connectivity index is 0.00000264. The van der Waals surface area contributed by atoms with Gasteiger partial charge >= 0.3 is 0 Å². The summed E-state index contributed by atoms with van der Waals surface area (Å²) in [4.78, 5) is 19.8. The number of carbonyl (C=O) groups excluding carboxylic acids is 1. The predicted molar refractivity (Wildman–Crippen MR) is 100 cm³/mol. The number of hydrogen-bond donors (Lipinski definition) is 3. The van der Waals surface area contributed by atoms with Gasteiger partial charge in [0.1, 0.15) is 5.76 Å². The number of guanidine groups is 1. The highest BCUT2D eigenvalue weighted by molar-refractivity contribution is 14.0. The number of nitrogens with zero attached hydrogens (tertiary/aromatic N) is 2. The van der Waals surface area contributed by atoms with Gasteiger partial charge in [0.2, 0.25) is 5.91 Å². The van der Waals surface area contributed by atoms with E-state index in [9.17, 15) is 4.79 Å². The first-order valence-corrected chi connectivity index (χ1v) is 6.94. The Morgan fingerprint density at radius 2 is 2.17 bits per heavy atom. The van der Waals surface area contributed by atoms with E-state index in [2.05, 4.69) is 25.9 Å². The molecule has 2 heterocycles. The normalized spacial score (nSPS) is 10.6. The molecule has 2 rings (SSSR count). The van der Waals surface area contributed by atoms with Gasteiger partial charge in [0, 0.05) is 26.2 Å². The molecule has 2 aromatic rings. The minimum absolute atomic E-state index is 0. The van der Waals surface area contributed by atoms with E-state index >= 15 is 0 Å². The highest BCUT2D eigenvalue weighted by atomic mass is 127. The van der Waals surface area contributed by atoms with E-state index in [1.165, 1.54) is 0 Å². The summed E-state index contributed by atoms with van der Waals surface area (Å²) in [7, 11) is 1.65. The van der Waals surface area contributed by atoms with Crippen LogP contribution in [0, 0.1) is 0 Å². The van der Waals surface area contributed by atoms with Crippen LogP contribution in [-0.4, -0.2) is 37.0 Å². The molecule has 0 unspecified atom stereocenters. The fraction of sp³-hybridized carbons (Fsp3) is 0.267. The SMILES string of the molecule is CN=C(NCCc1ccco1)NCC(=O)Nc1cccnc1.I.